The lowest BCUT2D eigenvalue weighted by atomic mass is 10.0. The molecule has 1 aromatic carbocycles. The van der Waals surface area contributed by atoms with E-state index in [1.807, 2.05) is 0 Å². The number of hydrogen-bond donors (Lipinski definition) is 7. The average molecular weight is 479 g/mol. The molecular formula is C22H30N4O8. The van der Waals surface area contributed by atoms with Crippen LogP contribution in [0.15, 0.2) is 24.3 Å². The van der Waals surface area contributed by atoms with Crippen LogP contribution in [0.25, 0.3) is 0 Å². The zero-order valence-electron chi connectivity index (χ0n) is 18.7. The number of nitrogens with one attached hydrogen (secondary N) is 4. The van der Waals surface area contributed by atoms with E-state index in [4.69, 9.17) is 5.11 Å². The predicted octanol–water partition coefficient (Wildman–Crippen LogP) is -0.890. The minimum atomic E-state index is -1.35. The summed E-state index contributed by atoms with van der Waals surface area (Å²) in [5, 5.41) is 38.2. The van der Waals surface area contributed by atoms with E-state index in [0.29, 0.717) is 18.5 Å². The Hall–Kier alpha value is -3.67. The first kappa shape index (κ1) is 26.6. The Kier molecular flexibility index (Phi) is 9.80. The van der Waals surface area contributed by atoms with Crippen molar-refractivity contribution in [3.63, 3.8) is 0 Å². The average Bonchev–Trinajstić information content (AvgIpc) is 3.32. The number of rotatable bonds is 12. The molecule has 1 aliphatic heterocycles. The third kappa shape index (κ3) is 8.35. The van der Waals surface area contributed by atoms with Crippen LogP contribution in [-0.4, -0.2) is 75.7 Å². The third-order valence-electron chi connectivity index (χ3n) is 5.40. The van der Waals surface area contributed by atoms with Gasteiger partial charge in [-0.3, -0.25) is 19.2 Å². The molecule has 1 heterocycles. The molecule has 1 saturated heterocycles. The number of carboxylic acids is 2. The molecular weight excluding hydrogens is 448 g/mol. The minimum Gasteiger partial charge on any atom is -0.508 e. The van der Waals surface area contributed by atoms with Crippen LogP contribution in [0, 0.1) is 0 Å². The first-order chi connectivity index (χ1) is 16.1. The van der Waals surface area contributed by atoms with E-state index >= 15 is 0 Å². The first-order valence-electron chi connectivity index (χ1n) is 10.9. The van der Waals surface area contributed by atoms with Crippen molar-refractivity contribution >= 4 is 29.7 Å². The van der Waals surface area contributed by atoms with Crippen molar-refractivity contribution in [1.29, 1.82) is 0 Å². The molecule has 34 heavy (non-hydrogen) atoms. The second kappa shape index (κ2) is 12.5. The number of carbonyl (C=O) groups is 5. The maximum Gasteiger partial charge on any atom is 0.326 e. The van der Waals surface area contributed by atoms with Crippen molar-refractivity contribution in [2.24, 2.45) is 0 Å². The molecule has 7 N–H and O–H groups in total. The summed E-state index contributed by atoms with van der Waals surface area (Å²) in [5.41, 5.74) is 0.536. The van der Waals surface area contributed by atoms with Crippen LogP contribution in [0.1, 0.15) is 38.2 Å². The summed E-state index contributed by atoms with van der Waals surface area (Å²) in [6, 6.07) is 1.68. The number of phenolic OH excluding ortho intramolecular Hbond substituents is 1. The lowest BCUT2D eigenvalue weighted by Gasteiger charge is -2.23. The summed E-state index contributed by atoms with van der Waals surface area (Å²) in [7, 11) is 0. The van der Waals surface area contributed by atoms with Gasteiger partial charge in [-0.25, -0.2) is 4.79 Å². The van der Waals surface area contributed by atoms with Gasteiger partial charge in [0.2, 0.25) is 17.7 Å². The van der Waals surface area contributed by atoms with Gasteiger partial charge in [0, 0.05) is 12.8 Å². The van der Waals surface area contributed by atoms with E-state index in [-0.39, 0.29) is 24.5 Å². The van der Waals surface area contributed by atoms with Gasteiger partial charge in [-0.1, -0.05) is 12.1 Å². The summed E-state index contributed by atoms with van der Waals surface area (Å²) in [5.74, 6) is -4.44. The molecule has 1 aromatic rings. The van der Waals surface area contributed by atoms with Gasteiger partial charge in [-0.15, -0.1) is 0 Å². The number of phenols is 1. The molecule has 4 unspecified atom stereocenters. The normalized spacial score (nSPS) is 17.7. The monoisotopic (exact) mass is 478 g/mol. The molecule has 12 heteroatoms. The van der Waals surface area contributed by atoms with E-state index in [2.05, 4.69) is 21.3 Å². The van der Waals surface area contributed by atoms with Crippen molar-refractivity contribution in [2.75, 3.05) is 6.54 Å². The lowest BCUT2D eigenvalue weighted by Crippen LogP contribution is -2.56. The maximum atomic E-state index is 12.8. The molecule has 1 aliphatic rings. The molecule has 0 spiro atoms. The van der Waals surface area contributed by atoms with Gasteiger partial charge >= 0.3 is 11.9 Å². The van der Waals surface area contributed by atoms with E-state index in [0.717, 1.165) is 6.42 Å². The van der Waals surface area contributed by atoms with E-state index in [1.165, 1.54) is 31.2 Å². The van der Waals surface area contributed by atoms with Crippen molar-refractivity contribution in [2.45, 2.75) is 63.2 Å². The Labute approximate surface area is 196 Å². The highest BCUT2D eigenvalue weighted by molar-refractivity contribution is 5.94. The quantitative estimate of drug-likeness (QED) is 0.199. The van der Waals surface area contributed by atoms with Crippen molar-refractivity contribution < 1.29 is 39.3 Å². The Morgan fingerprint density at radius 2 is 1.65 bits per heavy atom. The molecule has 3 amide bonds. The van der Waals surface area contributed by atoms with Crippen molar-refractivity contribution in [3.8, 4) is 5.75 Å². The number of aliphatic carboxylic acids is 2. The molecule has 0 radical (unpaired) electrons. The topological polar surface area (TPSA) is 194 Å². The van der Waals surface area contributed by atoms with Gasteiger partial charge < -0.3 is 36.6 Å². The van der Waals surface area contributed by atoms with Crippen LogP contribution < -0.4 is 21.3 Å². The highest BCUT2D eigenvalue weighted by Crippen LogP contribution is 2.12. The number of carbonyl (C=O) groups excluding carboxylic acids is 3. The van der Waals surface area contributed by atoms with E-state index in [9.17, 15) is 34.2 Å². The Morgan fingerprint density at radius 3 is 2.21 bits per heavy atom. The smallest absolute Gasteiger partial charge is 0.326 e. The molecule has 186 valence electrons. The van der Waals surface area contributed by atoms with Crippen molar-refractivity contribution in [3.05, 3.63) is 29.8 Å². The maximum absolute atomic E-state index is 12.8. The fraction of sp³-hybridized carbons (Fsp3) is 0.500. The highest BCUT2D eigenvalue weighted by Gasteiger charge is 2.30. The van der Waals surface area contributed by atoms with Crippen molar-refractivity contribution in [1.82, 2.24) is 21.3 Å². The largest absolute Gasteiger partial charge is 0.508 e. The first-order valence-corrected chi connectivity index (χ1v) is 10.9. The molecule has 4 atom stereocenters. The van der Waals surface area contributed by atoms with Crippen LogP contribution in [-0.2, 0) is 30.4 Å². The number of amides is 3. The second-order valence-electron chi connectivity index (χ2n) is 8.14. The van der Waals surface area contributed by atoms with Crippen LogP contribution in [0.3, 0.4) is 0 Å². The fourth-order valence-electron chi connectivity index (χ4n) is 3.46. The molecule has 0 aromatic heterocycles. The van der Waals surface area contributed by atoms with Gasteiger partial charge in [0.25, 0.3) is 0 Å². The standard InChI is InChI=1S/C22H30N4O8/c1-12(24-20(31)15-3-2-10-23-15)19(30)25-16(8-9-18(28)29)21(32)26-17(22(33)34)11-13-4-6-14(27)7-5-13/h4-7,12,15-17,23,27H,2-3,8-11H2,1H3,(H,24,31)(H,25,30)(H,26,32)(H,28,29)(H,33,34). The Balaban J connectivity index is 2.03. The van der Waals surface area contributed by atoms with E-state index in [1.54, 1.807) is 0 Å². The van der Waals surface area contributed by atoms with Gasteiger partial charge in [-0.05, 0) is 50.4 Å². The number of benzene rings is 1. The van der Waals surface area contributed by atoms with E-state index < -0.39 is 54.3 Å². The minimum absolute atomic E-state index is 0.000955. The van der Waals surface area contributed by atoms with Gasteiger partial charge in [-0.2, -0.15) is 0 Å². The fourth-order valence-corrected chi connectivity index (χ4v) is 3.46. The zero-order valence-corrected chi connectivity index (χ0v) is 18.7. The highest BCUT2D eigenvalue weighted by atomic mass is 16.4. The summed E-state index contributed by atoms with van der Waals surface area (Å²) in [6.45, 7) is 2.13. The molecule has 0 saturated carbocycles. The number of aromatic hydroxyl groups is 1. The molecule has 2 rings (SSSR count). The van der Waals surface area contributed by atoms with Crippen LogP contribution in [0.2, 0.25) is 0 Å². The molecule has 0 aliphatic carbocycles. The van der Waals surface area contributed by atoms with Gasteiger partial charge in [0.1, 0.15) is 23.9 Å². The lowest BCUT2D eigenvalue weighted by molar-refractivity contribution is -0.143. The Morgan fingerprint density at radius 1 is 1.00 bits per heavy atom. The molecule has 12 nitrogen and oxygen atoms in total. The van der Waals surface area contributed by atoms with Crippen LogP contribution in [0.4, 0.5) is 0 Å². The van der Waals surface area contributed by atoms with Crippen LogP contribution >= 0.6 is 0 Å². The molecule has 1 fully saturated rings. The summed E-state index contributed by atoms with van der Waals surface area (Å²) < 4.78 is 0. The van der Waals surface area contributed by atoms with Gasteiger partial charge in [0.15, 0.2) is 0 Å². The number of carboxylic acid groups (broad SMARTS) is 2. The Bertz CT molecular complexity index is 899. The van der Waals surface area contributed by atoms with Crippen LogP contribution in [0.5, 0.6) is 5.75 Å². The summed E-state index contributed by atoms with van der Waals surface area (Å²) >= 11 is 0. The summed E-state index contributed by atoms with van der Waals surface area (Å²) in [6.07, 6.45) is 0.665. The van der Waals surface area contributed by atoms with Gasteiger partial charge in [0.05, 0.1) is 6.04 Å². The third-order valence-corrected chi connectivity index (χ3v) is 5.40. The zero-order chi connectivity index (χ0) is 25.3. The second-order valence-corrected chi connectivity index (χ2v) is 8.14. The molecule has 0 bridgehead atoms. The number of hydrogen-bond acceptors (Lipinski definition) is 7. The summed E-state index contributed by atoms with van der Waals surface area (Å²) in [4.78, 5) is 60.3. The predicted molar refractivity (Wildman–Crippen MR) is 119 cm³/mol. The SMILES string of the molecule is CC(NC(=O)C1CCCN1)C(=O)NC(CCC(=O)O)C(=O)NC(Cc1ccc(O)cc1)C(=O)O.